The Bertz CT molecular complexity index is 737. The van der Waals surface area contributed by atoms with Crippen LogP contribution in [-0.4, -0.2) is 21.8 Å². The molecule has 2 amide bonds. The lowest BCUT2D eigenvalue weighted by Gasteiger charge is -2.00. The minimum Gasteiger partial charge on any atom is -0.287 e. The molecule has 1 aliphatic carbocycles. The largest absolute Gasteiger partial charge is 0.287 e. The Morgan fingerprint density at radius 2 is 1.94 bits per heavy atom. The van der Waals surface area contributed by atoms with Crippen molar-refractivity contribution < 1.29 is 9.59 Å². The molecule has 2 aromatic heterocycles. The summed E-state index contributed by atoms with van der Waals surface area (Å²) < 4.78 is 0. The van der Waals surface area contributed by atoms with Crippen molar-refractivity contribution >= 4 is 11.8 Å². The van der Waals surface area contributed by atoms with Gasteiger partial charge in [-0.25, -0.2) is 4.98 Å². The number of hydrogen-bond acceptors (Lipinski definition) is 4. The van der Waals surface area contributed by atoms with Gasteiger partial charge in [-0.1, -0.05) is 6.07 Å². The molecule has 0 unspecified atom stereocenters. The quantitative estimate of drug-likeness (QED) is 0.590. The van der Waals surface area contributed by atoms with Crippen molar-refractivity contribution in [2.24, 2.45) is 0 Å². The lowest BCUT2D eigenvalue weighted by molar-refractivity contribution is 0.0878. The third-order valence-corrected chi connectivity index (χ3v) is 3.28. The molecule has 0 radical (unpaired) electrons. The van der Waals surface area contributed by atoms with Crippen molar-refractivity contribution in [2.45, 2.75) is 6.42 Å². The maximum absolute atomic E-state index is 11.6. The highest BCUT2D eigenvalue weighted by molar-refractivity contribution is 6.20. The van der Waals surface area contributed by atoms with E-state index in [9.17, 15) is 9.59 Å². The van der Waals surface area contributed by atoms with Crippen LogP contribution in [0.3, 0.4) is 0 Å². The Morgan fingerprint density at radius 1 is 1.06 bits per heavy atom. The summed E-state index contributed by atoms with van der Waals surface area (Å²) >= 11 is 0. The van der Waals surface area contributed by atoms with Crippen LogP contribution in [0.5, 0.6) is 0 Å². The van der Waals surface area contributed by atoms with E-state index in [0.29, 0.717) is 17.7 Å². The second kappa shape index (κ2) is 3.01. The number of rotatable bonds is 0. The second-order valence-corrected chi connectivity index (χ2v) is 4.36. The van der Waals surface area contributed by atoms with Gasteiger partial charge in [-0.2, -0.15) is 0 Å². The fourth-order valence-electron chi connectivity index (χ4n) is 2.47. The number of nitrogens with one attached hydrogen (secondary N) is 1. The molecule has 5 nitrogen and oxygen atoms in total. The van der Waals surface area contributed by atoms with Crippen molar-refractivity contribution in [1.82, 2.24) is 15.3 Å². The van der Waals surface area contributed by atoms with E-state index in [1.807, 2.05) is 12.1 Å². The van der Waals surface area contributed by atoms with E-state index in [1.165, 1.54) is 0 Å². The molecule has 1 aliphatic heterocycles. The number of nitrogens with zero attached hydrogens (tertiary/aromatic N) is 2. The van der Waals surface area contributed by atoms with E-state index >= 15 is 0 Å². The van der Waals surface area contributed by atoms with Crippen LogP contribution in [0.1, 0.15) is 32.0 Å². The Morgan fingerprint density at radius 3 is 2.83 bits per heavy atom. The van der Waals surface area contributed by atoms with E-state index in [0.717, 1.165) is 16.8 Å². The number of fused-ring (bicyclic) bond motifs is 4. The molecule has 0 aromatic carbocycles. The first-order chi connectivity index (χ1) is 8.74. The van der Waals surface area contributed by atoms with Crippen molar-refractivity contribution in [2.75, 3.05) is 0 Å². The summed E-state index contributed by atoms with van der Waals surface area (Å²) in [5, 5.41) is 2.25. The van der Waals surface area contributed by atoms with E-state index < -0.39 is 5.91 Å². The molecule has 5 heteroatoms. The van der Waals surface area contributed by atoms with Gasteiger partial charge in [0.2, 0.25) is 0 Å². The molecule has 1 N–H and O–H groups in total. The van der Waals surface area contributed by atoms with Crippen molar-refractivity contribution in [1.29, 1.82) is 0 Å². The van der Waals surface area contributed by atoms with Crippen molar-refractivity contribution in [3.05, 3.63) is 46.8 Å². The second-order valence-electron chi connectivity index (χ2n) is 4.36. The summed E-state index contributed by atoms with van der Waals surface area (Å²) in [7, 11) is 0. The van der Waals surface area contributed by atoms with Gasteiger partial charge in [-0.3, -0.25) is 19.9 Å². The minimum atomic E-state index is -0.429. The number of aromatic nitrogens is 2. The Kier molecular flexibility index (Phi) is 1.58. The van der Waals surface area contributed by atoms with Gasteiger partial charge in [0.1, 0.15) is 5.69 Å². The highest BCUT2D eigenvalue weighted by atomic mass is 16.2. The normalized spacial score (nSPS) is 15.1. The smallest absolute Gasteiger partial charge is 0.277 e. The summed E-state index contributed by atoms with van der Waals surface area (Å²) in [5.74, 6) is -0.795. The van der Waals surface area contributed by atoms with Crippen LogP contribution in [0.15, 0.2) is 24.4 Å². The molecule has 0 spiro atoms. The van der Waals surface area contributed by atoms with E-state index in [1.54, 1.807) is 12.3 Å². The first-order valence-corrected chi connectivity index (χ1v) is 5.58. The molecule has 0 bridgehead atoms. The van der Waals surface area contributed by atoms with E-state index in [4.69, 9.17) is 0 Å². The zero-order chi connectivity index (χ0) is 12.3. The number of pyridine rings is 2. The molecule has 0 saturated carbocycles. The lowest BCUT2D eigenvalue weighted by atomic mass is 10.1. The summed E-state index contributed by atoms with van der Waals surface area (Å²) in [4.78, 5) is 31.7. The van der Waals surface area contributed by atoms with Gasteiger partial charge in [-0.15, -0.1) is 0 Å². The maximum Gasteiger partial charge on any atom is 0.277 e. The molecule has 2 aliphatic rings. The van der Waals surface area contributed by atoms with Crippen molar-refractivity contribution in [3.8, 4) is 11.4 Å². The lowest BCUT2D eigenvalue weighted by Crippen LogP contribution is -2.20. The van der Waals surface area contributed by atoms with Crippen LogP contribution in [0.4, 0.5) is 0 Å². The summed E-state index contributed by atoms with van der Waals surface area (Å²) in [6, 6.07) is 5.60. The molecular weight excluding hydrogens is 230 g/mol. The molecular formula is C13H7N3O2. The van der Waals surface area contributed by atoms with Crippen LogP contribution in [0.25, 0.3) is 11.4 Å². The van der Waals surface area contributed by atoms with Gasteiger partial charge < -0.3 is 0 Å². The SMILES string of the molecule is O=C1NC(=O)c2nc3c(cc21)Cc1cccnc1-3. The number of amides is 2. The summed E-state index contributed by atoms with van der Waals surface area (Å²) in [6.07, 6.45) is 2.41. The molecule has 0 fully saturated rings. The maximum atomic E-state index is 11.6. The first-order valence-electron chi connectivity index (χ1n) is 5.58. The zero-order valence-corrected chi connectivity index (χ0v) is 9.23. The monoisotopic (exact) mass is 237 g/mol. The number of hydrogen-bond donors (Lipinski definition) is 1. The predicted molar refractivity (Wildman–Crippen MR) is 62.1 cm³/mol. The van der Waals surface area contributed by atoms with E-state index in [-0.39, 0.29) is 11.6 Å². The number of carbonyl (C=O) groups is 2. The van der Waals surface area contributed by atoms with E-state index in [2.05, 4.69) is 15.3 Å². The van der Waals surface area contributed by atoms with Gasteiger partial charge in [0.25, 0.3) is 11.8 Å². The van der Waals surface area contributed by atoms with Crippen LogP contribution < -0.4 is 5.32 Å². The average molecular weight is 237 g/mol. The topological polar surface area (TPSA) is 72.0 Å². The highest BCUT2D eigenvalue weighted by Gasteiger charge is 2.32. The van der Waals surface area contributed by atoms with Crippen LogP contribution in [0, 0.1) is 0 Å². The van der Waals surface area contributed by atoms with Crippen molar-refractivity contribution in [3.63, 3.8) is 0 Å². The zero-order valence-electron chi connectivity index (χ0n) is 9.23. The molecule has 86 valence electrons. The molecule has 0 atom stereocenters. The molecule has 4 rings (SSSR count). The Labute approximate surface area is 102 Å². The molecule has 0 saturated heterocycles. The first kappa shape index (κ1) is 9.47. The standard InChI is InChI=1S/C13H7N3O2/c17-12-8-5-7-4-6-2-1-3-14-9(6)10(7)15-11(8)13(18)16-12/h1-3,5H,4H2,(H,16,17,18). The highest BCUT2D eigenvalue weighted by Crippen LogP contribution is 2.35. The Balaban J connectivity index is 2.01. The van der Waals surface area contributed by atoms with Crippen LogP contribution in [-0.2, 0) is 6.42 Å². The van der Waals surface area contributed by atoms with Gasteiger partial charge in [0, 0.05) is 12.6 Å². The predicted octanol–water partition coefficient (Wildman–Crippen LogP) is 0.931. The van der Waals surface area contributed by atoms with Gasteiger partial charge in [-0.05, 0) is 23.3 Å². The molecule has 18 heavy (non-hydrogen) atoms. The third-order valence-electron chi connectivity index (χ3n) is 3.28. The molecule has 2 aromatic rings. The van der Waals surface area contributed by atoms with Crippen LogP contribution in [0.2, 0.25) is 0 Å². The van der Waals surface area contributed by atoms with Gasteiger partial charge >= 0.3 is 0 Å². The van der Waals surface area contributed by atoms with Crippen LogP contribution >= 0.6 is 0 Å². The fourth-order valence-corrected chi connectivity index (χ4v) is 2.47. The number of carbonyl (C=O) groups excluding carboxylic acids is 2. The Hall–Kier alpha value is -2.56. The fraction of sp³-hybridized carbons (Fsp3) is 0.0769. The van der Waals surface area contributed by atoms with Gasteiger partial charge in [0.05, 0.1) is 17.0 Å². The summed E-state index contributed by atoms with van der Waals surface area (Å²) in [6.45, 7) is 0. The summed E-state index contributed by atoms with van der Waals surface area (Å²) in [5.41, 5.74) is 4.13. The molecule has 3 heterocycles. The minimum absolute atomic E-state index is 0.206. The average Bonchev–Trinajstić information content (AvgIpc) is 2.86. The third kappa shape index (κ3) is 1.05. The van der Waals surface area contributed by atoms with Gasteiger partial charge in [0.15, 0.2) is 0 Å². The number of imide groups is 1.